The van der Waals surface area contributed by atoms with Gasteiger partial charge < -0.3 is 4.90 Å². The molecule has 0 amide bonds. The quantitative estimate of drug-likeness (QED) is 0.781. The molecule has 0 N–H and O–H groups in total. The highest BCUT2D eigenvalue weighted by Gasteiger charge is 2.29. The van der Waals surface area contributed by atoms with Crippen molar-refractivity contribution in [2.75, 3.05) is 11.9 Å². The molecule has 2 aromatic rings. The number of rotatable bonds is 2. The predicted molar refractivity (Wildman–Crippen MR) is 91.7 cm³/mol. The number of halogens is 1. The summed E-state index contributed by atoms with van der Waals surface area (Å²) in [5, 5.41) is 0. The van der Waals surface area contributed by atoms with E-state index >= 15 is 0 Å². The van der Waals surface area contributed by atoms with E-state index in [0.29, 0.717) is 11.5 Å². The Morgan fingerprint density at radius 1 is 1.24 bits per heavy atom. The first-order valence-electron chi connectivity index (χ1n) is 7.59. The highest BCUT2D eigenvalue weighted by atomic mass is 79.9. The number of nitrogens with zero attached hydrogens (tertiary/aromatic N) is 3. The minimum absolute atomic E-state index is 0.501. The molecule has 21 heavy (non-hydrogen) atoms. The zero-order chi connectivity index (χ0) is 15.0. The van der Waals surface area contributed by atoms with Gasteiger partial charge in [-0.1, -0.05) is 13.8 Å². The highest BCUT2D eigenvalue weighted by molar-refractivity contribution is 9.10. The monoisotopic (exact) mass is 347 g/mol. The first-order valence-corrected chi connectivity index (χ1v) is 8.39. The minimum Gasteiger partial charge on any atom is -0.370 e. The number of aromatic nitrogens is 2. The smallest absolute Gasteiger partial charge is 0.112 e. The molecular formula is C17H22BrN3. The average Bonchev–Trinajstić information content (AvgIpc) is 2.45. The fourth-order valence-corrected chi connectivity index (χ4v) is 3.56. The lowest BCUT2D eigenvalue weighted by atomic mass is 9.75. The van der Waals surface area contributed by atoms with Crippen LogP contribution in [0.4, 0.5) is 5.69 Å². The second kappa shape index (κ2) is 5.56. The van der Waals surface area contributed by atoms with Gasteiger partial charge in [-0.3, -0.25) is 9.97 Å². The molecular weight excluding hydrogens is 326 g/mol. The molecule has 1 aliphatic carbocycles. The summed E-state index contributed by atoms with van der Waals surface area (Å²) in [6.45, 7) is 4.76. The maximum atomic E-state index is 4.57. The van der Waals surface area contributed by atoms with Crippen LogP contribution in [0.2, 0.25) is 0 Å². The number of hydrogen-bond donors (Lipinski definition) is 0. The Bertz CT molecular complexity index is 644. The van der Waals surface area contributed by atoms with E-state index in [4.69, 9.17) is 0 Å². The molecule has 0 radical (unpaired) electrons. The number of hydrogen-bond acceptors (Lipinski definition) is 3. The van der Waals surface area contributed by atoms with Gasteiger partial charge in [0.2, 0.25) is 0 Å². The molecule has 3 nitrogen and oxygen atoms in total. The molecule has 1 saturated carbocycles. The molecule has 2 aromatic heterocycles. The van der Waals surface area contributed by atoms with Crippen molar-refractivity contribution in [3.63, 3.8) is 0 Å². The fourth-order valence-electron chi connectivity index (χ4n) is 3.24. The molecule has 0 unspecified atom stereocenters. The molecule has 0 saturated heterocycles. The lowest BCUT2D eigenvalue weighted by Crippen LogP contribution is -2.37. The van der Waals surface area contributed by atoms with Gasteiger partial charge in [0.05, 0.1) is 11.2 Å². The van der Waals surface area contributed by atoms with Crippen molar-refractivity contribution in [3.8, 4) is 0 Å². The molecule has 4 heteroatoms. The second-order valence-corrected chi connectivity index (χ2v) is 7.77. The molecule has 2 heterocycles. The summed E-state index contributed by atoms with van der Waals surface area (Å²) >= 11 is 3.47. The van der Waals surface area contributed by atoms with Crippen molar-refractivity contribution in [2.24, 2.45) is 5.41 Å². The van der Waals surface area contributed by atoms with Crippen LogP contribution in [0.1, 0.15) is 39.5 Å². The highest BCUT2D eigenvalue weighted by Crippen LogP contribution is 2.38. The first kappa shape index (κ1) is 14.8. The van der Waals surface area contributed by atoms with Crippen molar-refractivity contribution in [1.82, 2.24) is 9.97 Å². The molecule has 0 spiro atoms. The Morgan fingerprint density at radius 2 is 1.95 bits per heavy atom. The maximum absolute atomic E-state index is 4.57. The zero-order valence-corrected chi connectivity index (χ0v) is 14.5. The van der Waals surface area contributed by atoms with E-state index in [1.807, 2.05) is 18.5 Å². The van der Waals surface area contributed by atoms with Crippen molar-refractivity contribution < 1.29 is 0 Å². The van der Waals surface area contributed by atoms with Crippen molar-refractivity contribution in [2.45, 2.75) is 45.6 Å². The van der Waals surface area contributed by atoms with E-state index in [0.717, 1.165) is 15.5 Å². The van der Waals surface area contributed by atoms with Crippen LogP contribution < -0.4 is 4.90 Å². The van der Waals surface area contributed by atoms with Crippen LogP contribution in [0.5, 0.6) is 0 Å². The van der Waals surface area contributed by atoms with E-state index in [9.17, 15) is 0 Å². The van der Waals surface area contributed by atoms with Crippen molar-refractivity contribution >= 4 is 32.7 Å². The van der Waals surface area contributed by atoms with E-state index < -0.39 is 0 Å². The Labute approximate surface area is 134 Å². The van der Waals surface area contributed by atoms with Gasteiger partial charge in [0, 0.05) is 30.0 Å². The van der Waals surface area contributed by atoms with E-state index in [1.54, 1.807) is 0 Å². The third-order valence-corrected chi connectivity index (χ3v) is 5.19. The third-order valence-electron chi connectivity index (χ3n) is 4.76. The van der Waals surface area contributed by atoms with Gasteiger partial charge in [-0.05, 0) is 59.2 Å². The molecule has 3 rings (SSSR count). The molecule has 0 aliphatic heterocycles. The summed E-state index contributed by atoms with van der Waals surface area (Å²) < 4.78 is 0.974. The van der Waals surface area contributed by atoms with Gasteiger partial charge in [-0.2, -0.15) is 0 Å². The Morgan fingerprint density at radius 3 is 2.67 bits per heavy atom. The van der Waals surface area contributed by atoms with Gasteiger partial charge >= 0.3 is 0 Å². The lowest BCUT2D eigenvalue weighted by molar-refractivity contribution is 0.223. The van der Waals surface area contributed by atoms with E-state index in [-0.39, 0.29) is 0 Å². The molecule has 112 valence electrons. The van der Waals surface area contributed by atoms with Gasteiger partial charge in [0.25, 0.3) is 0 Å². The summed E-state index contributed by atoms with van der Waals surface area (Å²) in [7, 11) is 2.20. The Balaban J connectivity index is 1.90. The van der Waals surface area contributed by atoms with Crippen molar-refractivity contribution in [3.05, 3.63) is 29.0 Å². The molecule has 0 aromatic carbocycles. The lowest BCUT2D eigenvalue weighted by Gasteiger charge is -2.39. The molecule has 0 bridgehead atoms. The largest absolute Gasteiger partial charge is 0.370 e. The van der Waals surface area contributed by atoms with Crippen LogP contribution in [0.3, 0.4) is 0 Å². The Kier molecular flexibility index (Phi) is 3.91. The topological polar surface area (TPSA) is 29.0 Å². The average molecular weight is 348 g/mol. The number of anilines is 1. The molecule has 1 aliphatic rings. The van der Waals surface area contributed by atoms with Crippen LogP contribution in [0.15, 0.2) is 29.0 Å². The van der Waals surface area contributed by atoms with Gasteiger partial charge in [0.1, 0.15) is 5.52 Å². The van der Waals surface area contributed by atoms with Gasteiger partial charge in [0.15, 0.2) is 0 Å². The van der Waals surface area contributed by atoms with Gasteiger partial charge in [-0.15, -0.1) is 0 Å². The predicted octanol–water partition coefficient (Wildman–Crippen LogP) is 4.80. The summed E-state index contributed by atoms with van der Waals surface area (Å²) in [5.41, 5.74) is 3.64. The fraction of sp³-hybridized carbons (Fsp3) is 0.529. The first-order chi connectivity index (χ1) is 9.96. The zero-order valence-electron chi connectivity index (χ0n) is 12.9. The molecule has 1 fully saturated rings. The van der Waals surface area contributed by atoms with Crippen molar-refractivity contribution in [1.29, 1.82) is 0 Å². The van der Waals surface area contributed by atoms with Crippen LogP contribution in [0, 0.1) is 5.41 Å². The number of pyridine rings is 2. The standard InChI is InChI=1S/C17H22BrN3/c1-17(2)7-4-13(5-8-17)21(3)15-6-9-19-14-10-12(18)11-20-16(14)15/h6,9-11,13H,4-5,7-8H2,1-3H3. The maximum Gasteiger partial charge on any atom is 0.112 e. The number of fused-ring (bicyclic) bond motifs is 1. The summed E-state index contributed by atoms with van der Waals surface area (Å²) in [5.74, 6) is 0. The van der Waals surface area contributed by atoms with Gasteiger partial charge in [-0.25, -0.2) is 0 Å². The summed E-state index contributed by atoms with van der Waals surface area (Å²) in [4.78, 5) is 11.4. The van der Waals surface area contributed by atoms with Crippen LogP contribution >= 0.6 is 15.9 Å². The van der Waals surface area contributed by atoms with Crippen LogP contribution in [-0.4, -0.2) is 23.1 Å². The van der Waals surface area contributed by atoms with E-state index in [2.05, 4.69) is 57.8 Å². The third kappa shape index (κ3) is 3.05. The minimum atomic E-state index is 0.501. The summed E-state index contributed by atoms with van der Waals surface area (Å²) in [6.07, 6.45) is 8.84. The Hall–Kier alpha value is -1.16. The van der Waals surface area contributed by atoms with Crippen LogP contribution in [-0.2, 0) is 0 Å². The SMILES string of the molecule is CN(c1ccnc2cc(Br)cnc12)C1CCC(C)(C)CC1. The molecule has 0 atom stereocenters. The van der Waals surface area contributed by atoms with Crippen LogP contribution in [0.25, 0.3) is 11.0 Å². The normalized spacial score (nSPS) is 18.9. The van der Waals surface area contributed by atoms with E-state index in [1.165, 1.54) is 31.4 Å². The second-order valence-electron chi connectivity index (χ2n) is 6.86. The summed E-state index contributed by atoms with van der Waals surface area (Å²) in [6, 6.07) is 4.72.